The Morgan fingerprint density at radius 1 is 1.25 bits per heavy atom. The third-order valence-corrected chi connectivity index (χ3v) is 3.94. The molecule has 0 aliphatic heterocycles. The Balaban J connectivity index is 1.49. The molecule has 0 atom stereocenters. The minimum atomic E-state index is -0.295. The number of para-hydroxylation sites is 2. The van der Waals surface area contributed by atoms with Crippen LogP contribution in [0.15, 0.2) is 46.3 Å². The van der Waals surface area contributed by atoms with Crippen LogP contribution in [0.4, 0.5) is 0 Å². The van der Waals surface area contributed by atoms with E-state index in [0.717, 1.165) is 4.88 Å². The number of nitrogens with one attached hydrogen (secondary N) is 1. The minimum absolute atomic E-state index is 0.133. The maximum absolute atomic E-state index is 11.9. The smallest absolute Gasteiger partial charge is 0.258 e. The van der Waals surface area contributed by atoms with Crippen molar-refractivity contribution in [3.63, 3.8) is 0 Å². The molecule has 7 nitrogen and oxygen atoms in total. The molecule has 0 radical (unpaired) electrons. The topological polar surface area (TPSA) is 86.5 Å². The van der Waals surface area contributed by atoms with Crippen molar-refractivity contribution in [2.45, 2.75) is 6.54 Å². The number of ether oxygens (including phenoxy) is 2. The van der Waals surface area contributed by atoms with Gasteiger partial charge in [-0.15, -0.1) is 11.3 Å². The minimum Gasteiger partial charge on any atom is -0.493 e. The third kappa shape index (κ3) is 3.90. The predicted octanol–water partition coefficient (Wildman–Crippen LogP) is 2.50. The van der Waals surface area contributed by atoms with Gasteiger partial charge in [0.05, 0.1) is 18.5 Å². The molecule has 0 saturated carbocycles. The fraction of sp³-hybridized carbons (Fsp3) is 0.188. The van der Waals surface area contributed by atoms with Crippen molar-refractivity contribution in [2.24, 2.45) is 0 Å². The van der Waals surface area contributed by atoms with E-state index in [1.54, 1.807) is 25.3 Å². The first-order chi connectivity index (χ1) is 11.8. The van der Waals surface area contributed by atoms with E-state index in [9.17, 15) is 4.79 Å². The molecule has 24 heavy (non-hydrogen) atoms. The van der Waals surface area contributed by atoms with Crippen LogP contribution >= 0.6 is 11.3 Å². The summed E-state index contributed by atoms with van der Waals surface area (Å²) in [5.41, 5.74) is 0. The molecule has 1 amide bonds. The van der Waals surface area contributed by atoms with Crippen molar-refractivity contribution < 1.29 is 18.8 Å². The van der Waals surface area contributed by atoms with Gasteiger partial charge in [0.1, 0.15) is 0 Å². The number of benzene rings is 1. The van der Waals surface area contributed by atoms with Crippen LogP contribution in [-0.2, 0) is 11.3 Å². The van der Waals surface area contributed by atoms with Gasteiger partial charge < -0.3 is 19.3 Å². The van der Waals surface area contributed by atoms with Gasteiger partial charge in [-0.2, -0.15) is 4.98 Å². The summed E-state index contributed by atoms with van der Waals surface area (Å²) in [6.45, 7) is 0.0127. The van der Waals surface area contributed by atoms with Gasteiger partial charge >= 0.3 is 0 Å². The van der Waals surface area contributed by atoms with Gasteiger partial charge in [0.15, 0.2) is 18.1 Å². The highest BCUT2D eigenvalue weighted by Gasteiger charge is 2.11. The maximum Gasteiger partial charge on any atom is 0.258 e. The van der Waals surface area contributed by atoms with Crippen LogP contribution in [0.2, 0.25) is 0 Å². The average Bonchev–Trinajstić information content (AvgIpc) is 3.29. The molecule has 8 heteroatoms. The number of nitrogens with zero attached hydrogens (tertiary/aromatic N) is 2. The van der Waals surface area contributed by atoms with E-state index in [0.29, 0.717) is 23.2 Å². The molecule has 3 rings (SSSR count). The lowest BCUT2D eigenvalue weighted by atomic mass is 10.3. The summed E-state index contributed by atoms with van der Waals surface area (Å²) in [6, 6.07) is 10.9. The highest BCUT2D eigenvalue weighted by atomic mass is 32.1. The Bertz CT molecular complexity index is 801. The zero-order chi connectivity index (χ0) is 16.8. The summed E-state index contributed by atoms with van der Waals surface area (Å²) in [4.78, 5) is 17.0. The average molecular weight is 345 g/mol. The number of methoxy groups -OCH3 is 1. The predicted molar refractivity (Wildman–Crippen MR) is 87.9 cm³/mol. The van der Waals surface area contributed by atoms with Crippen molar-refractivity contribution in [2.75, 3.05) is 13.7 Å². The number of aromatic nitrogens is 2. The van der Waals surface area contributed by atoms with Gasteiger partial charge in [-0.1, -0.05) is 23.4 Å². The van der Waals surface area contributed by atoms with Crippen LogP contribution in [0.5, 0.6) is 11.5 Å². The standard InChI is InChI=1S/C16H15N3O4S/c1-21-11-5-2-3-6-12(11)22-10-14(20)17-9-15-18-16(19-23-15)13-7-4-8-24-13/h2-8H,9-10H2,1H3,(H,17,20). The lowest BCUT2D eigenvalue weighted by molar-refractivity contribution is -0.123. The van der Waals surface area contributed by atoms with Gasteiger partial charge in [0.2, 0.25) is 11.7 Å². The van der Waals surface area contributed by atoms with Gasteiger partial charge in [-0.25, -0.2) is 0 Å². The number of hydrogen-bond donors (Lipinski definition) is 1. The van der Waals surface area contributed by atoms with Crippen LogP contribution in [0.1, 0.15) is 5.89 Å². The molecule has 2 heterocycles. The number of hydrogen-bond acceptors (Lipinski definition) is 7. The second-order valence-corrected chi connectivity index (χ2v) is 5.65. The molecule has 0 fully saturated rings. The highest BCUT2D eigenvalue weighted by Crippen LogP contribution is 2.25. The fourth-order valence-electron chi connectivity index (χ4n) is 1.94. The maximum atomic E-state index is 11.9. The third-order valence-electron chi connectivity index (χ3n) is 3.07. The molecule has 3 aromatic rings. The van der Waals surface area contributed by atoms with Crippen molar-refractivity contribution in [1.82, 2.24) is 15.5 Å². The lowest BCUT2D eigenvalue weighted by Gasteiger charge is -2.09. The molecular formula is C16H15N3O4S. The Hall–Kier alpha value is -2.87. The van der Waals surface area contributed by atoms with Gasteiger partial charge in [-0.05, 0) is 23.6 Å². The van der Waals surface area contributed by atoms with Crippen LogP contribution in [0.25, 0.3) is 10.7 Å². The lowest BCUT2D eigenvalue weighted by Crippen LogP contribution is -2.28. The zero-order valence-electron chi connectivity index (χ0n) is 12.9. The summed E-state index contributed by atoms with van der Waals surface area (Å²) in [7, 11) is 1.54. The zero-order valence-corrected chi connectivity index (χ0v) is 13.7. The van der Waals surface area contributed by atoms with E-state index < -0.39 is 0 Å². The molecule has 2 aromatic heterocycles. The van der Waals surface area contributed by atoms with Crippen molar-refractivity contribution in [3.8, 4) is 22.2 Å². The molecule has 0 unspecified atom stereocenters. The molecule has 124 valence electrons. The molecule has 0 bridgehead atoms. The first kappa shape index (κ1) is 16.0. The van der Waals surface area contributed by atoms with E-state index in [-0.39, 0.29) is 19.1 Å². The molecule has 1 N–H and O–H groups in total. The molecule has 0 aliphatic carbocycles. The molecule has 1 aromatic carbocycles. The monoisotopic (exact) mass is 345 g/mol. The Labute approximate surface area is 142 Å². The Kier molecular flexibility index (Phi) is 5.07. The van der Waals surface area contributed by atoms with Crippen molar-refractivity contribution in [1.29, 1.82) is 0 Å². The van der Waals surface area contributed by atoms with Gasteiger partial charge in [0.25, 0.3) is 5.91 Å². The second-order valence-electron chi connectivity index (χ2n) is 4.71. The quantitative estimate of drug-likeness (QED) is 0.708. The number of rotatable bonds is 7. The number of thiophene rings is 1. The van der Waals surface area contributed by atoms with Crippen LogP contribution in [0, 0.1) is 0 Å². The Morgan fingerprint density at radius 3 is 2.83 bits per heavy atom. The highest BCUT2D eigenvalue weighted by molar-refractivity contribution is 7.13. The Morgan fingerprint density at radius 2 is 2.08 bits per heavy atom. The van der Waals surface area contributed by atoms with Crippen LogP contribution < -0.4 is 14.8 Å². The largest absolute Gasteiger partial charge is 0.493 e. The van der Waals surface area contributed by atoms with E-state index in [2.05, 4.69) is 15.5 Å². The summed E-state index contributed by atoms with van der Waals surface area (Å²) < 4.78 is 15.7. The first-order valence-electron chi connectivity index (χ1n) is 7.15. The molecular weight excluding hydrogens is 330 g/mol. The fourth-order valence-corrected chi connectivity index (χ4v) is 2.59. The van der Waals surface area contributed by atoms with Gasteiger partial charge in [0, 0.05) is 0 Å². The molecule has 0 spiro atoms. The van der Waals surface area contributed by atoms with E-state index >= 15 is 0 Å². The van der Waals surface area contributed by atoms with Crippen LogP contribution in [0.3, 0.4) is 0 Å². The van der Waals surface area contributed by atoms with Gasteiger partial charge in [-0.3, -0.25) is 4.79 Å². The number of carbonyl (C=O) groups is 1. The van der Waals surface area contributed by atoms with E-state index in [1.807, 2.05) is 23.6 Å². The number of amides is 1. The second kappa shape index (κ2) is 7.60. The normalized spacial score (nSPS) is 10.4. The first-order valence-corrected chi connectivity index (χ1v) is 8.03. The summed E-state index contributed by atoms with van der Waals surface area (Å²) in [5, 5.41) is 8.48. The van der Waals surface area contributed by atoms with Crippen molar-refractivity contribution >= 4 is 17.2 Å². The SMILES string of the molecule is COc1ccccc1OCC(=O)NCc1nc(-c2cccs2)no1. The summed E-state index contributed by atoms with van der Waals surface area (Å²) in [6.07, 6.45) is 0. The van der Waals surface area contributed by atoms with Crippen molar-refractivity contribution in [3.05, 3.63) is 47.7 Å². The van der Waals surface area contributed by atoms with E-state index in [1.165, 1.54) is 11.3 Å². The molecule has 0 aliphatic rings. The number of carbonyl (C=O) groups excluding carboxylic acids is 1. The summed E-state index contributed by atoms with van der Waals surface area (Å²) in [5.74, 6) is 1.64. The summed E-state index contributed by atoms with van der Waals surface area (Å²) >= 11 is 1.52. The van der Waals surface area contributed by atoms with Crippen LogP contribution in [-0.4, -0.2) is 29.8 Å². The molecule has 0 saturated heterocycles. The van der Waals surface area contributed by atoms with E-state index in [4.69, 9.17) is 14.0 Å².